The Hall–Kier alpha value is -0.440. The largest absolute Gasteiger partial charge is 0.314 e. The van der Waals surface area contributed by atoms with Gasteiger partial charge in [0.05, 0.1) is 5.41 Å². The van der Waals surface area contributed by atoms with Gasteiger partial charge in [-0.2, -0.15) is 0 Å². The van der Waals surface area contributed by atoms with Gasteiger partial charge in [-0.1, -0.05) is 53.0 Å². The number of carbonyl (C=O) groups is 1. The normalized spacial score (nSPS) is 24.1. The van der Waals surface area contributed by atoms with Crippen LogP contribution in [-0.2, 0) is 10.2 Å². The fourth-order valence-electron chi connectivity index (χ4n) is 2.40. The van der Waals surface area contributed by atoms with Gasteiger partial charge in [0.2, 0.25) is 5.91 Å². The van der Waals surface area contributed by atoms with Crippen molar-refractivity contribution < 1.29 is 4.79 Å². The molecule has 1 aromatic carbocycles. The van der Waals surface area contributed by atoms with Gasteiger partial charge in [0.25, 0.3) is 0 Å². The van der Waals surface area contributed by atoms with Gasteiger partial charge in [-0.15, -0.1) is 0 Å². The summed E-state index contributed by atoms with van der Waals surface area (Å²) in [5.41, 5.74) is 1.03. The molecule has 17 heavy (non-hydrogen) atoms. The van der Waals surface area contributed by atoms with Crippen LogP contribution in [0, 0.1) is 0 Å². The molecule has 0 aliphatic carbocycles. The fraction of sp³-hybridized carbons (Fsp3) is 0.417. The van der Waals surface area contributed by atoms with E-state index in [2.05, 4.69) is 0 Å². The number of para-hydroxylation sites is 1. The maximum Gasteiger partial charge on any atom is 0.237 e. The molecule has 0 fully saturated rings. The zero-order valence-corrected chi connectivity index (χ0v) is 11.8. The summed E-state index contributed by atoms with van der Waals surface area (Å²) >= 11 is 17.5. The van der Waals surface area contributed by atoms with E-state index in [0.717, 1.165) is 11.3 Å². The maximum absolute atomic E-state index is 12.3. The second-order valence-electron chi connectivity index (χ2n) is 4.51. The first-order chi connectivity index (χ1) is 7.76. The summed E-state index contributed by atoms with van der Waals surface area (Å²) < 4.78 is -1.44. The number of benzene rings is 1. The van der Waals surface area contributed by atoms with Crippen molar-refractivity contribution in [2.45, 2.75) is 22.6 Å². The Bertz CT molecular complexity index is 469. The van der Waals surface area contributed by atoms with Crippen molar-refractivity contribution in [1.82, 2.24) is 0 Å². The minimum absolute atomic E-state index is 0.0370. The van der Waals surface area contributed by atoms with Crippen LogP contribution in [0.5, 0.6) is 0 Å². The number of hydrogen-bond donors (Lipinski definition) is 0. The van der Waals surface area contributed by atoms with Crippen molar-refractivity contribution in [2.24, 2.45) is 0 Å². The molecule has 2 nitrogen and oxygen atoms in total. The first-order valence-electron chi connectivity index (χ1n) is 5.20. The molecule has 1 heterocycles. The number of anilines is 1. The van der Waals surface area contributed by atoms with Crippen molar-refractivity contribution in [3.8, 4) is 0 Å². The molecule has 1 aromatic rings. The summed E-state index contributed by atoms with van der Waals surface area (Å²) in [4.78, 5) is 13.9. The highest BCUT2D eigenvalue weighted by atomic mass is 35.6. The van der Waals surface area contributed by atoms with E-state index in [-0.39, 0.29) is 12.3 Å². The molecule has 0 radical (unpaired) electrons. The van der Waals surface area contributed by atoms with E-state index in [9.17, 15) is 4.79 Å². The molecular formula is C12H12Cl3NO. The topological polar surface area (TPSA) is 20.3 Å². The SMILES string of the molecule is CN1C(=O)C(C)(CC(Cl)(Cl)Cl)c2ccccc21. The van der Waals surface area contributed by atoms with Crippen molar-refractivity contribution in [3.05, 3.63) is 29.8 Å². The first kappa shape index (κ1) is 13.0. The van der Waals surface area contributed by atoms with Crippen molar-refractivity contribution in [2.75, 3.05) is 11.9 Å². The number of nitrogens with zero attached hydrogens (tertiary/aromatic N) is 1. The summed E-state index contributed by atoms with van der Waals surface area (Å²) in [6, 6.07) is 7.59. The molecule has 0 saturated carbocycles. The molecule has 5 heteroatoms. The van der Waals surface area contributed by atoms with Crippen LogP contribution in [0.15, 0.2) is 24.3 Å². The quantitative estimate of drug-likeness (QED) is 0.723. The number of likely N-dealkylation sites (N-methyl/N-ethyl adjacent to an activating group) is 1. The Balaban J connectivity index is 2.52. The lowest BCUT2D eigenvalue weighted by molar-refractivity contribution is -0.122. The van der Waals surface area contributed by atoms with Gasteiger partial charge >= 0.3 is 0 Å². The van der Waals surface area contributed by atoms with Gasteiger partial charge in [-0.3, -0.25) is 4.79 Å². The van der Waals surface area contributed by atoms with Crippen LogP contribution < -0.4 is 4.90 Å². The van der Waals surface area contributed by atoms with Crippen molar-refractivity contribution in [1.29, 1.82) is 0 Å². The second-order valence-corrected chi connectivity index (χ2v) is 7.02. The number of hydrogen-bond acceptors (Lipinski definition) is 1. The van der Waals surface area contributed by atoms with Crippen LogP contribution in [0.1, 0.15) is 18.9 Å². The highest BCUT2D eigenvalue weighted by Crippen LogP contribution is 2.48. The third-order valence-electron chi connectivity index (χ3n) is 3.19. The second kappa shape index (κ2) is 4.04. The summed E-state index contributed by atoms with van der Waals surface area (Å²) in [7, 11) is 1.74. The average Bonchev–Trinajstić information content (AvgIpc) is 2.40. The Morgan fingerprint density at radius 3 is 2.47 bits per heavy atom. The monoisotopic (exact) mass is 291 g/mol. The zero-order chi connectivity index (χ0) is 12.8. The molecule has 1 atom stereocenters. The summed E-state index contributed by atoms with van der Waals surface area (Å²) in [5.74, 6) is -0.0370. The Labute approximate surface area is 115 Å². The average molecular weight is 293 g/mol. The molecule has 1 amide bonds. The number of alkyl halides is 3. The number of halogens is 3. The molecule has 0 bridgehead atoms. The highest BCUT2D eigenvalue weighted by Gasteiger charge is 2.49. The number of carbonyl (C=O) groups excluding carboxylic acids is 1. The zero-order valence-electron chi connectivity index (χ0n) is 9.51. The van der Waals surface area contributed by atoms with Gasteiger partial charge in [0.15, 0.2) is 3.79 Å². The minimum atomic E-state index is -1.44. The third-order valence-corrected chi connectivity index (χ3v) is 3.59. The van der Waals surface area contributed by atoms with Crippen LogP contribution in [0.25, 0.3) is 0 Å². The first-order valence-corrected chi connectivity index (χ1v) is 6.33. The van der Waals surface area contributed by atoms with Crippen molar-refractivity contribution in [3.63, 3.8) is 0 Å². The van der Waals surface area contributed by atoms with E-state index < -0.39 is 9.21 Å². The molecular weight excluding hydrogens is 280 g/mol. The molecule has 0 saturated heterocycles. The predicted octanol–water partition coefficient (Wildman–Crippen LogP) is 3.68. The van der Waals surface area contributed by atoms with Crippen LogP contribution >= 0.6 is 34.8 Å². The van der Waals surface area contributed by atoms with E-state index >= 15 is 0 Å². The predicted molar refractivity (Wildman–Crippen MR) is 72.1 cm³/mol. The van der Waals surface area contributed by atoms with Crippen LogP contribution in [-0.4, -0.2) is 16.7 Å². The van der Waals surface area contributed by atoms with E-state index in [1.54, 1.807) is 11.9 Å². The number of rotatable bonds is 1. The van der Waals surface area contributed by atoms with E-state index in [0.29, 0.717) is 0 Å². The van der Waals surface area contributed by atoms with Gasteiger partial charge in [-0.05, 0) is 18.6 Å². The minimum Gasteiger partial charge on any atom is -0.314 e. The van der Waals surface area contributed by atoms with Gasteiger partial charge in [-0.25, -0.2) is 0 Å². The Morgan fingerprint density at radius 2 is 1.88 bits per heavy atom. The lowest BCUT2D eigenvalue weighted by Gasteiger charge is -2.26. The van der Waals surface area contributed by atoms with E-state index in [1.165, 1.54) is 0 Å². The van der Waals surface area contributed by atoms with Crippen LogP contribution in [0.2, 0.25) is 0 Å². The molecule has 0 aromatic heterocycles. The van der Waals surface area contributed by atoms with Crippen molar-refractivity contribution >= 4 is 46.4 Å². The van der Waals surface area contributed by atoms with Crippen LogP contribution in [0.4, 0.5) is 5.69 Å². The van der Waals surface area contributed by atoms with Gasteiger partial charge in [0.1, 0.15) is 0 Å². The lowest BCUT2D eigenvalue weighted by atomic mass is 9.81. The van der Waals surface area contributed by atoms with E-state index in [1.807, 2.05) is 31.2 Å². The number of fused-ring (bicyclic) bond motifs is 1. The Kier molecular flexibility index (Phi) is 3.09. The highest BCUT2D eigenvalue weighted by molar-refractivity contribution is 6.67. The smallest absolute Gasteiger partial charge is 0.237 e. The standard InChI is InChI=1S/C12H12Cl3NO/c1-11(7-12(13,14)15)8-5-3-4-6-9(8)16(2)10(11)17/h3-6H,7H2,1-2H3. The lowest BCUT2D eigenvalue weighted by Crippen LogP contribution is -2.38. The molecule has 2 rings (SSSR count). The summed E-state index contributed by atoms with van der Waals surface area (Å²) in [6.45, 7) is 1.82. The van der Waals surface area contributed by atoms with Crippen LogP contribution in [0.3, 0.4) is 0 Å². The fourth-order valence-corrected chi connectivity index (χ4v) is 3.20. The van der Waals surface area contributed by atoms with Gasteiger partial charge in [0, 0.05) is 19.2 Å². The molecule has 92 valence electrons. The van der Waals surface area contributed by atoms with Gasteiger partial charge < -0.3 is 4.90 Å². The maximum atomic E-state index is 12.3. The summed E-state index contributed by atoms with van der Waals surface area (Å²) in [5, 5.41) is 0. The molecule has 1 aliphatic heterocycles. The Morgan fingerprint density at radius 1 is 1.29 bits per heavy atom. The third kappa shape index (κ3) is 2.14. The molecule has 1 unspecified atom stereocenters. The number of amides is 1. The van der Waals surface area contributed by atoms with E-state index in [4.69, 9.17) is 34.8 Å². The molecule has 0 N–H and O–H groups in total. The molecule has 1 aliphatic rings. The summed E-state index contributed by atoms with van der Waals surface area (Å²) in [6.07, 6.45) is 0.171. The molecule has 0 spiro atoms.